The number of methoxy groups -OCH3 is 1. The van der Waals surface area contributed by atoms with E-state index in [-0.39, 0.29) is 31.3 Å². The van der Waals surface area contributed by atoms with Crippen molar-refractivity contribution < 1.29 is 24.4 Å². The van der Waals surface area contributed by atoms with E-state index in [1.165, 1.54) is 6.08 Å². The van der Waals surface area contributed by atoms with E-state index >= 15 is 0 Å². The lowest BCUT2D eigenvalue weighted by atomic mass is 9.79. The van der Waals surface area contributed by atoms with Gasteiger partial charge in [0.05, 0.1) is 24.9 Å². The Bertz CT molecular complexity index is 1740. The maximum absolute atomic E-state index is 13.1. The van der Waals surface area contributed by atoms with Crippen LogP contribution in [-0.4, -0.2) is 69.7 Å². The molecule has 1 atom stereocenters. The summed E-state index contributed by atoms with van der Waals surface area (Å²) in [4.78, 5) is 30.4. The highest BCUT2D eigenvalue weighted by Gasteiger charge is 2.30. The van der Waals surface area contributed by atoms with Crippen LogP contribution in [0.1, 0.15) is 40.8 Å². The smallest absolute Gasteiger partial charge is 0.488 e. The zero-order valence-electron chi connectivity index (χ0n) is 24.1. The zero-order valence-corrected chi connectivity index (χ0v) is 24.8. The number of ether oxygens (including phenoxy) is 1. The molecule has 0 aliphatic carbocycles. The number of rotatable bonds is 10. The van der Waals surface area contributed by atoms with Crippen molar-refractivity contribution in [2.24, 2.45) is 4.99 Å². The first-order valence-corrected chi connectivity index (χ1v) is 14.2. The maximum Gasteiger partial charge on any atom is 0.488 e. The molecule has 1 aliphatic heterocycles. The molecule has 3 aromatic carbocycles. The highest BCUT2D eigenvalue weighted by atomic mass is 35.5. The number of hydrogen-bond acceptors (Lipinski definition) is 8. The van der Waals surface area contributed by atoms with Gasteiger partial charge in [-0.3, -0.25) is 19.1 Å². The third-order valence-corrected chi connectivity index (χ3v) is 7.26. The molecule has 0 bridgehead atoms. The maximum atomic E-state index is 13.1. The summed E-state index contributed by atoms with van der Waals surface area (Å²) in [6, 6.07) is 18.9. The lowest BCUT2D eigenvalue weighted by Gasteiger charge is -2.14. The molecule has 1 aromatic heterocycles. The number of halogens is 1. The minimum Gasteiger partial charge on any atom is -0.497 e. The van der Waals surface area contributed by atoms with Gasteiger partial charge in [-0.2, -0.15) is 0 Å². The molecule has 4 N–H and O–H groups in total. The number of amides is 2. The summed E-state index contributed by atoms with van der Waals surface area (Å²) in [5.74, 6) is 1.22. The monoisotopic (exact) mass is 612 g/mol. The third kappa shape index (κ3) is 7.05. The average molecular weight is 613 g/mol. The first-order valence-electron chi connectivity index (χ1n) is 13.9. The number of fused-ring (bicyclic) bond motifs is 3. The van der Waals surface area contributed by atoms with E-state index in [1.54, 1.807) is 49.6 Å². The lowest BCUT2D eigenvalue weighted by Crippen LogP contribution is -2.34. The minimum absolute atomic E-state index is 0.00123. The standard InChI is InChI=1S/C31H30BClN6O5/c1-19-37-38-31-26(18-29(41)35-15-14-34-28(40)13-6-20-4-3-5-22(16-20)32(42)43)36-30(21-7-9-23(33)10-8-21)25-17-24(44-2)11-12-27(25)39(19)31/h3-13,16-17,26,42-43H,14-15,18H2,1-2H3,(H,34,40)(H,35,41). The van der Waals surface area contributed by atoms with Crippen molar-refractivity contribution in [3.63, 3.8) is 0 Å². The van der Waals surface area contributed by atoms with Gasteiger partial charge < -0.3 is 25.4 Å². The molecule has 4 aromatic rings. The van der Waals surface area contributed by atoms with Crippen molar-refractivity contribution in [3.8, 4) is 11.4 Å². The minimum atomic E-state index is -1.59. The van der Waals surface area contributed by atoms with Crippen LogP contribution in [0, 0.1) is 6.92 Å². The van der Waals surface area contributed by atoms with Crippen molar-refractivity contribution in [1.29, 1.82) is 0 Å². The Kier molecular flexibility index (Phi) is 9.54. The fourth-order valence-corrected chi connectivity index (χ4v) is 4.99. The Morgan fingerprint density at radius 1 is 1.05 bits per heavy atom. The van der Waals surface area contributed by atoms with E-state index < -0.39 is 13.2 Å². The largest absolute Gasteiger partial charge is 0.497 e. The van der Waals surface area contributed by atoms with Crippen LogP contribution in [0.2, 0.25) is 5.02 Å². The second kappa shape index (κ2) is 13.7. The summed E-state index contributed by atoms with van der Waals surface area (Å²) in [6.07, 6.45) is 2.90. The fraction of sp³-hybridized carbons (Fsp3) is 0.194. The van der Waals surface area contributed by atoms with Crippen LogP contribution in [0.4, 0.5) is 0 Å². The summed E-state index contributed by atoms with van der Waals surface area (Å²) in [5.41, 5.74) is 4.07. The number of carbonyl (C=O) groups excluding carboxylic acids is 2. The Morgan fingerprint density at radius 3 is 2.57 bits per heavy atom. The fourth-order valence-electron chi connectivity index (χ4n) is 4.87. The number of aliphatic imine (C=N–C) groups is 1. The van der Waals surface area contributed by atoms with Crippen LogP contribution in [0.15, 0.2) is 77.8 Å². The molecule has 5 rings (SSSR count). The SMILES string of the molecule is COc1ccc2c(c1)C(c1ccc(Cl)cc1)=NC(CC(=O)NCCNC(=O)C=Cc1cccc(B(O)O)c1)c1nnc(C)n1-2. The van der Waals surface area contributed by atoms with Gasteiger partial charge in [-0.15, -0.1) is 10.2 Å². The predicted octanol–water partition coefficient (Wildman–Crippen LogP) is 2.15. The number of carbonyl (C=O) groups is 2. The van der Waals surface area contributed by atoms with Crippen molar-refractivity contribution in [1.82, 2.24) is 25.4 Å². The van der Waals surface area contributed by atoms with Gasteiger partial charge in [0.1, 0.15) is 17.6 Å². The van der Waals surface area contributed by atoms with Gasteiger partial charge in [-0.05, 0) is 54.4 Å². The second-order valence-electron chi connectivity index (χ2n) is 10.0. The van der Waals surface area contributed by atoms with E-state index in [0.717, 1.165) is 16.8 Å². The molecule has 224 valence electrons. The highest BCUT2D eigenvalue weighted by Crippen LogP contribution is 2.34. The Hall–Kier alpha value is -4.78. The molecular formula is C31H30BClN6O5. The normalized spacial score (nSPS) is 13.8. The number of nitrogens with zero attached hydrogens (tertiary/aromatic N) is 4. The molecule has 0 radical (unpaired) electrons. The predicted molar refractivity (Wildman–Crippen MR) is 168 cm³/mol. The zero-order chi connectivity index (χ0) is 31.2. The highest BCUT2D eigenvalue weighted by molar-refractivity contribution is 6.58. The van der Waals surface area contributed by atoms with Crippen molar-refractivity contribution in [2.45, 2.75) is 19.4 Å². The summed E-state index contributed by atoms with van der Waals surface area (Å²) in [6.45, 7) is 2.25. The van der Waals surface area contributed by atoms with Crippen LogP contribution in [-0.2, 0) is 9.59 Å². The molecular weight excluding hydrogens is 583 g/mol. The summed E-state index contributed by atoms with van der Waals surface area (Å²) >= 11 is 6.16. The number of hydrogen-bond donors (Lipinski definition) is 4. The molecule has 13 heteroatoms. The van der Waals surface area contributed by atoms with Crippen LogP contribution in [0.25, 0.3) is 11.8 Å². The molecule has 0 fully saturated rings. The van der Waals surface area contributed by atoms with Gasteiger partial charge >= 0.3 is 7.12 Å². The van der Waals surface area contributed by atoms with Crippen molar-refractivity contribution >= 4 is 47.8 Å². The van der Waals surface area contributed by atoms with Gasteiger partial charge in [0.2, 0.25) is 11.8 Å². The van der Waals surface area contributed by atoms with E-state index in [4.69, 9.17) is 21.3 Å². The van der Waals surface area contributed by atoms with Crippen LogP contribution in [0.5, 0.6) is 5.75 Å². The summed E-state index contributed by atoms with van der Waals surface area (Å²) < 4.78 is 7.41. The topological polar surface area (TPSA) is 151 Å². The Balaban J connectivity index is 1.29. The third-order valence-electron chi connectivity index (χ3n) is 7.01. The van der Waals surface area contributed by atoms with Crippen LogP contribution >= 0.6 is 11.6 Å². The van der Waals surface area contributed by atoms with E-state index in [9.17, 15) is 19.6 Å². The molecule has 0 spiro atoms. The van der Waals surface area contributed by atoms with Gasteiger partial charge in [0.25, 0.3) is 0 Å². The molecule has 0 saturated heterocycles. The summed E-state index contributed by atoms with van der Waals surface area (Å²) in [7, 11) is 0.00894. The molecule has 44 heavy (non-hydrogen) atoms. The molecule has 2 amide bonds. The molecule has 0 saturated carbocycles. The van der Waals surface area contributed by atoms with E-state index in [2.05, 4.69) is 20.8 Å². The first-order chi connectivity index (χ1) is 21.2. The van der Waals surface area contributed by atoms with Crippen molar-refractivity contribution in [2.75, 3.05) is 20.2 Å². The van der Waals surface area contributed by atoms with Gasteiger partial charge in [-0.25, -0.2) is 0 Å². The van der Waals surface area contributed by atoms with Gasteiger partial charge in [0.15, 0.2) is 5.82 Å². The molecule has 11 nitrogen and oxygen atoms in total. The lowest BCUT2D eigenvalue weighted by molar-refractivity contribution is -0.122. The van der Waals surface area contributed by atoms with E-state index in [1.807, 2.05) is 41.8 Å². The average Bonchev–Trinajstić information content (AvgIpc) is 3.35. The summed E-state index contributed by atoms with van der Waals surface area (Å²) in [5, 5.41) is 33.4. The Morgan fingerprint density at radius 2 is 1.82 bits per heavy atom. The van der Waals surface area contributed by atoms with Gasteiger partial charge in [0, 0.05) is 35.3 Å². The molecule has 2 heterocycles. The first kappa shape index (κ1) is 30.7. The number of aromatic nitrogens is 3. The quantitative estimate of drug-likeness (QED) is 0.122. The number of aryl methyl sites for hydroxylation is 1. The number of nitrogens with one attached hydrogen (secondary N) is 2. The van der Waals surface area contributed by atoms with Crippen LogP contribution < -0.4 is 20.8 Å². The number of benzene rings is 3. The van der Waals surface area contributed by atoms with Gasteiger partial charge in [-0.1, -0.05) is 48.0 Å². The molecule has 1 aliphatic rings. The second-order valence-corrected chi connectivity index (χ2v) is 10.5. The van der Waals surface area contributed by atoms with E-state index in [0.29, 0.717) is 39.2 Å². The Labute approximate surface area is 259 Å². The van der Waals surface area contributed by atoms with Crippen molar-refractivity contribution in [3.05, 3.63) is 106 Å². The molecule has 1 unspecified atom stereocenters. The van der Waals surface area contributed by atoms with Crippen LogP contribution in [0.3, 0.4) is 0 Å².